The molecule has 82 valence electrons. The summed E-state index contributed by atoms with van der Waals surface area (Å²) in [7, 11) is 0. The molecule has 1 heterocycles. The van der Waals surface area contributed by atoms with Crippen molar-refractivity contribution >= 4 is 11.8 Å². The van der Waals surface area contributed by atoms with Crippen LogP contribution in [0.1, 0.15) is 19.8 Å². The third-order valence-electron chi connectivity index (χ3n) is 2.46. The molecule has 1 unspecified atom stereocenters. The van der Waals surface area contributed by atoms with E-state index in [1.54, 1.807) is 0 Å². The van der Waals surface area contributed by atoms with Crippen molar-refractivity contribution in [1.82, 2.24) is 5.32 Å². The Morgan fingerprint density at radius 2 is 2.50 bits per heavy atom. The van der Waals surface area contributed by atoms with E-state index in [2.05, 4.69) is 24.6 Å². The van der Waals surface area contributed by atoms with Crippen LogP contribution in [-0.4, -0.2) is 37.8 Å². The van der Waals surface area contributed by atoms with Crippen molar-refractivity contribution in [3.63, 3.8) is 0 Å². The second kappa shape index (κ2) is 7.32. The first-order valence-electron chi connectivity index (χ1n) is 5.32. The summed E-state index contributed by atoms with van der Waals surface area (Å²) in [5.41, 5.74) is 1.41. The molecule has 0 amide bonds. The Labute approximate surface area is 91.5 Å². The van der Waals surface area contributed by atoms with Gasteiger partial charge in [0.25, 0.3) is 0 Å². The Morgan fingerprint density at radius 1 is 1.64 bits per heavy atom. The lowest BCUT2D eigenvalue weighted by atomic mass is 10.2. The van der Waals surface area contributed by atoms with E-state index in [9.17, 15) is 0 Å². The standard InChI is InChI=1S/C11H21NOS/c1-10(14-2)5-6-12-8-11-4-3-7-13-9-11/h4,10,12H,3,5-9H2,1-2H3. The van der Waals surface area contributed by atoms with Gasteiger partial charge in [-0.05, 0) is 31.2 Å². The molecule has 0 spiro atoms. The molecule has 0 saturated heterocycles. The van der Waals surface area contributed by atoms with Crippen LogP contribution in [0.15, 0.2) is 11.6 Å². The lowest BCUT2D eigenvalue weighted by Crippen LogP contribution is -2.23. The van der Waals surface area contributed by atoms with Gasteiger partial charge in [0.15, 0.2) is 0 Å². The molecule has 1 rings (SSSR count). The second-order valence-corrected chi connectivity index (χ2v) is 4.99. The summed E-state index contributed by atoms with van der Waals surface area (Å²) in [6.07, 6.45) is 6.80. The molecule has 14 heavy (non-hydrogen) atoms. The molecule has 0 aromatic carbocycles. The number of ether oxygens (including phenoxy) is 1. The van der Waals surface area contributed by atoms with Gasteiger partial charge in [-0.25, -0.2) is 0 Å². The molecule has 3 heteroatoms. The minimum absolute atomic E-state index is 0.763. The van der Waals surface area contributed by atoms with Gasteiger partial charge in [0.1, 0.15) is 0 Å². The van der Waals surface area contributed by atoms with Gasteiger partial charge in [-0.2, -0.15) is 11.8 Å². The molecule has 2 nitrogen and oxygen atoms in total. The molecule has 0 saturated carbocycles. The summed E-state index contributed by atoms with van der Waals surface area (Å²) < 4.78 is 5.37. The molecule has 0 fully saturated rings. The zero-order chi connectivity index (χ0) is 10.2. The smallest absolute Gasteiger partial charge is 0.0689 e. The minimum atomic E-state index is 0.763. The molecular weight excluding hydrogens is 194 g/mol. The van der Waals surface area contributed by atoms with Crippen LogP contribution in [0.25, 0.3) is 0 Å². The molecule has 0 bridgehead atoms. The fourth-order valence-electron chi connectivity index (χ4n) is 1.40. The lowest BCUT2D eigenvalue weighted by Gasteiger charge is -2.15. The maximum absolute atomic E-state index is 5.37. The van der Waals surface area contributed by atoms with Gasteiger partial charge in [-0.3, -0.25) is 0 Å². The fourth-order valence-corrected chi connectivity index (χ4v) is 1.76. The zero-order valence-electron chi connectivity index (χ0n) is 9.21. The Bertz CT molecular complexity index is 182. The van der Waals surface area contributed by atoms with Crippen LogP contribution in [0, 0.1) is 0 Å². The van der Waals surface area contributed by atoms with E-state index in [4.69, 9.17) is 4.74 Å². The molecule has 1 aliphatic rings. The van der Waals surface area contributed by atoms with E-state index in [1.165, 1.54) is 12.0 Å². The number of thioether (sulfide) groups is 1. The van der Waals surface area contributed by atoms with E-state index in [0.29, 0.717) is 0 Å². The maximum atomic E-state index is 5.37. The quantitative estimate of drug-likeness (QED) is 0.541. The first kappa shape index (κ1) is 12.1. The van der Waals surface area contributed by atoms with Crippen molar-refractivity contribution in [3.05, 3.63) is 11.6 Å². The average Bonchev–Trinajstić information content (AvgIpc) is 2.25. The summed E-state index contributed by atoms with van der Waals surface area (Å²) in [5, 5.41) is 4.22. The van der Waals surface area contributed by atoms with Crippen molar-refractivity contribution in [2.75, 3.05) is 32.6 Å². The van der Waals surface area contributed by atoms with Crippen molar-refractivity contribution in [3.8, 4) is 0 Å². The van der Waals surface area contributed by atoms with Crippen LogP contribution in [0.2, 0.25) is 0 Å². The van der Waals surface area contributed by atoms with E-state index < -0.39 is 0 Å². The Kier molecular flexibility index (Phi) is 6.32. The lowest BCUT2D eigenvalue weighted by molar-refractivity contribution is 0.149. The van der Waals surface area contributed by atoms with Crippen LogP contribution in [0.3, 0.4) is 0 Å². The molecule has 1 aliphatic heterocycles. The maximum Gasteiger partial charge on any atom is 0.0689 e. The number of nitrogens with one attached hydrogen (secondary N) is 1. The van der Waals surface area contributed by atoms with Crippen molar-refractivity contribution < 1.29 is 4.74 Å². The summed E-state index contributed by atoms with van der Waals surface area (Å²) >= 11 is 1.93. The predicted molar refractivity (Wildman–Crippen MR) is 64.0 cm³/mol. The molecular formula is C11H21NOS. The minimum Gasteiger partial charge on any atom is -0.377 e. The number of hydrogen-bond donors (Lipinski definition) is 1. The van der Waals surface area contributed by atoms with Gasteiger partial charge in [0, 0.05) is 11.8 Å². The van der Waals surface area contributed by atoms with E-state index >= 15 is 0 Å². The molecule has 0 radical (unpaired) electrons. The Hall–Kier alpha value is 0.01000. The monoisotopic (exact) mass is 215 g/mol. The highest BCUT2D eigenvalue weighted by Gasteiger charge is 2.03. The van der Waals surface area contributed by atoms with Gasteiger partial charge >= 0.3 is 0 Å². The van der Waals surface area contributed by atoms with E-state index in [-0.39, 0.29) is 0 Å². The zero-order valence-corrected chi connectivity index (χ0v) is 10.0. The second-order valence-electron chi connectivity index (χ2n) is 3.72. The first-order valence-corrected chi connectivity index (χ1v) is 6.61. The normalized spacial score (nSPS) is 19.1. The largest absolute Gasteiger partial charge is 0.377 e. The van der Waals surface area contributed by atoms with Gasteiger partial charge in [-0.1, -0.05) is 13.0 Å². The topological polar surface area (TPSA) is 21.3 Å². The highest BCUT2D eigenvalue weighted by Crippen LogP contribution is 2.08. The van der Waals surface area contributed by atoms with Crippen LogP contribution >= 0.6 is 11.8 Å². The Balaban J connectivity index is 2.00. The van der Waals surface area contributed by atoms with Crippen LogP contribution in [0.5, 0.6) is 0 Å². The summed E-state index contributed by atoms with van der Waals surface area (Å²) in [4.78, 5) is 0. The van der Waals surface area contributed by atoms with E-state index in [1.807, 2.05) is 11.8 Å². The fraction of sp³-hybridized carbons (Fsp3) is 0.818. The summed E-state index contributed by atoms with van der Waals surface area (Å²) in [6.45, 7) is 6.11. The third kappa shape index (κ3) is 5.03. The molecule has 0 aromatic heterocycles. The Morgan fingerprint density at radius 3 is 3.14 bits per heavy atom. The van der Waals surface area contributed by atoms with Crippen LogP contribution in [0.4, 0.5) is 0 Å². The third-order valence-corrected chi connectivity index (χ3v) is 3.51. The van der Waals surface area contributed by atoms with Gasteiger partial charge in [0.05, 0.1) is 13.2 Å². The average molecular weight is 215 g/mol. The molecule has 0 aliphatic carbocycles. The van der Waals surface area contributed by atoms with Crippen LogP contribution < -0.4 is 5.32 Å². The molecule has 0 aromatic rings. The predicted octanol–water partition coefficient (Wildman–Crippen LogP) is 2.06. The molecule has 1 N–H and O–H groups in total. The van der Waals surface area contributed by atoms with E-state index in [0.717, 1.165) is 38.0 Å². The van der Waals surface area contributed by atoms with Crippen molar-refractivity contribution in [2.45, 2.75) is 25.0 Å². The first-order chi connectivity index (χ1) is 6.83. The highest BCUT2D eigenvalue weighted by atomic mass is 32.2. The summed E-state index contributed by atoms with van der Waals surface area (Å²) in [5.74, 6) is 0. The summed E-state index contributed by atoms with van der Waals surface area (Å²) in [6, 6.07) is 0. The van der Waals surface area contributed by atoms with Gasteiger partial charge in [-0.15, -0.1) is 0 Å². The van der Waals surface area contributed by atoms with Gasteiger partial charge in [0.2, 0.25) is 0 Å². The van der Waals surface area contributed by atoms with Crippen molar-refractivity contribution in [2.24, 2.45) is 0 Å². The SMILES string of the molecule is CSC(C)CCNCC1=CCCOC1. The number of rotatable bonds is 6. The van der Waals surface area contributed by atoms with Gasteiger partial charge < -0.3 is 10.1 Å². The van der Waals surface area contributed by atoms with Crippen molar-refractivity contribution in [1.29, 1.82) is 0 Å². The van der Waals surface area contributed by atoms with Crippen LogP contribution in [-0.2, 0) is 4.74 Å². The molecule has 1 atom stereocenters. The number of hydrogen-bond acceptors (Lipinski definition) is 3. The highest BCUT2D eigenvalue weighted by molar-refractivity contribution is 7.99.